The van der Waals surface area contributed by atoms with E-state index in [1.165, 1.54) is 0 Å². The summed E-state index contributed by atoms with van der Waals surface area (Å²) in [4.78, 5) is 9.34. The quantitative estimate of drug-likeness (QED) is 0.875. The van der Waals surface area contributed by atoms with Crippen molar-refractivity contribution in [2.24, 2.45) is 0 Å². The number of rotatable bonds is 5. The van der Waals surface area contributed by atoms with Crippen LogP contribution < -0.4 is 10.6 Å². The summed E-state index contributed by atoms with van der Waals surface area (Å²) < 4.78 is 27.4. The fraction of sp³-hybridized carbons (Fsp3) is 0.429. The lowest BCUT2D eigenvalue weighted by Crippen LogP contribution is -2.12. The Morgan fingerprint density at radius 2 is 1.86 bits per heavy atom. The Bertz CT molecular complexity index is 642. The summed E-state index contributed by atoms with van der Waals surface area (Å²) in [7, 11) is 0. The number of hydrogen-bond acceptors (Lipinski definition) is 5. The van der Waals surface area contributed by atoms with Gasteiger partial charge >= 0.3 is 0 Å². The van der Waals surface area contributed by atoms with Crippen molar-refractivity contribution in [3.05, 3.63) is 33.3 Å². The van der Waals surface area contributed by atoms with Crippen LogP contribution in [-0.2, 0) is 0 Å². The fourth-order valence-electron chi connectivity index (χ4n) is 2.08. The molecule has 1 unspecified atom stereocenters. The van der Waals surface area contributed by atoms with Gasteiger partial charge in [0, 0.05) is 17.5 Å². The van der Waals surface area contributed by atoms with Crippen LogP contribution in [0.5, 0.6) is 0 Å². The van der Waals surface area contributed by atoms with E-state index >= 15 is 0 Å². The number of aromatic nitrogens is 2. The first-order valence-electron chi connectivity index (χ1n) is 6.72. The largest absolute Gasteiger partial charge is 0.368 e. The summed E-state index contributed by atoms with van der Waals surface area (Å²) in [5, 5.41) is 6.71. The van der Waals surface area contributed by atoms with Gasteiger partial charge in [-0.3, -0.25) is 0 Å². The highest BCUT2D eigenvalue weighted by Gasteiger charge is 2.17. The minimum absolute atomic E-state index is 0.0327. The highest BCUT2D eigenvalue weighted by atomic mass is 32.1. The summed E-state index contributed by atoms with van der Waals surface area (Å²) >= 11 is 1.55. The molecule has 0 aliphatic carbocycles. The molecule has 0 bridgehead atoms. The van der Waals surface area contributed by atoms with Crippen LogP contribution in [0.3, 0.4) is 0 Å². The molecule has 2 aromatic heterocycles. The molecule has 0 fully saturated rings. The topological polar surface area (TPSA) is 49.8 Å². The smallest absolute Gasteiger partial charge is 0.168 e. The van der Waals surface area contributed by atoms with Crippen LogP contribution in [-0.4, -0.2) is 16.5 Å². The molecule has 0 radical (unpaired) electrons. The van der Waals surface area contributed by atoms with Crippen LogP contribution in [0.1, 0.15) is 35.5 Å². The van der Waals surface area contributed by atoms with Crippen molar-refractivity contribution in [1.29, 1.82) is 0 Å². The molecule has 0 saturated carbocycles. The first-order chi connectivity index (χ1) is 9.92. The monoisotopic (exact) mass is 312 g/mol. The Morgan fingerprint density at radius 3 is 2.43 bits per heavy atom. The molecule has 114 valence electrons. The Morgan fingerprint density at radius 1 is 1.19 bits per heavy atom. The molecule has 2 N–H and O–H groups in total. The molecule has 4 nitrogen and oxygen atoms in total. The molecule has 0 spiro atoms. The van der Waals surface area contributed by atoms with Gasteiger partial charge in [0.05, 0.1) is 16.7 Å². The van der Waals surface area contributed by atoms with Crippen molar-refractivity contribution in [3.63, 3.8) is 0 Å². The summed E-state index contributed by atoms with van der Waals surface area (Å²) in [6.07, 6.45) is 0. The van der Waals surface area contributed by atoms with Crippen molar-refractivity contribution in [2.75, 3.05) is 17.2 Å². The van der Waals surface area contributed by atoms with Crippen molar-refractivity contribution in [1.82, 2.24) is 9.97 Å². The van der Waals surface area contributed by atoms with Gasteiger partial charge in [-0.25, -0.2) is 18.7 Å². The van der Waals surface area contributed by atoms with Crippen LogP contribution in [0.4, 0.5) is 20.4 Å². The van der Waals surface area contributed by atoms with E-state index < -0.39 is 11.6 Å². The molecule has 0 aliphatic rings. The molecular weight excluding hydrogens is 294 g/mol. The molecule has 2 aromatic rings. The summed E-state index contributed by atoms with van der Waals surface area (Å²) in [6, 6.07) is 0.684. The van der Waals surface area contributed by atoms with Gasteiger partial charge in [0.1, 0.15) is 0 Å². The first-order valence-corrected chi connectivity index (χ1v) is 7.54. The zero-order valence-corrected chi connectivity index (χ0v) is 13.2. The van der Waals surface area contributed by atoms with E-state index in [0.29, 0.717) is 6.54 Å². The minimum Gasteiger partial charge on any atom is -0.368 e. The molecule has 0 amide bonds. The van der Waals surface area contributed by atoms with Gasteiger partial charge in [0.15, 0.2) is 23.3 Å². The van der Waals surface area contributed by atoms with Gasteiger partial charge in [-0.15, -0.1) is 11.3 Å². The highest BCUT2D eigenvalue weighted by Crippen LogP contribution is 2.28. The number of nitrogens with one attached hydrogen (secondary N) is 2. The summed E-state index contributed by atoms with van der Waals surface area (Å²) in [6.45, 7) is 8.07. The van der Waals surface area contributed by atoms with E-state index in [9.17, 15) is 8.78 Å². The third-order valence-electron chi connectivity index (χ3n) is 2.96. The van der Waals surface area contributed by atoms with E-state index in [1.54, 1.807) is 11.3 Å². The lowest BCUT2D eigenvalue weighted by molar-refractivity contribution is 0.576. The predicted molar refractivity (Wildman–Crippen MR) is 81.9 cm³/mol. The number of anilines is 2. The van der Waals surface area contributed by atoms with E-state index in [1.807, 2.05) is 27.7 Å². The van der Waals surface area contributed by atoms with Crippen LogP contribution in [0.15, 0.2) is 6.07 Å². The van der Waals surface area contributed by atoms with Gasteiger partial charge in [-0.05, 0) is 27.7 Å². The van der Waals surface area contributed by atoms with Crippen molar-refractivity contribution < 1.29 is 8.78 Å². The minimum atomic E-state index is -0.708. The maximum Gasteiger partial charge on any atom is 0.168 e. The van der Waals surface area contributed by atoms with Gasteiger partial charge in [-0.1, -0.05) is 0 Å². The van der Waals surface area contributed by atoms with Crippen LogP contribution in [0.2, 0.25) is 0 Å². The Hall–Kier alpha value is -1.76. The molecule has 21 heavy (non-hydrogen) atoms. The fourth-order valence-corrected chi connectivity index (χ4v) is 3.01. The number of halogens is 2. The molecule has 7 heteroatoms. The molecule has 0 aromatic carbocycles. The second kappa shape index (κ2) is 6.34. The Labute approximate surface area is 126 Å². The van der Waals surface area contributed by atoms with E-state index in [4.69, 9.17) is 0 Å². The van der Waals surface area contributed by atoms with E-state index in [2.05, 4.69) is 20.6 Å². The molecule has 2 rings (SSSR count). The van der Waals surface area contributed by atoms with Crippen molar-refractivity contribution in [3.8, 4) is 0 Å². The van der Waals surface area contributed by atoms with Crippen LogP contribution >= 0.6 is 11.3 Å². The lowest BCUT2D eigenvalue weighted by Gasteiger charge is -2.15. The van der Waals surface area contributed by atoms with Crippen molar-refractivity contribution >= 4 is 23.0 Å². The molecule has 2 heterocycles. The number of aryl methyl sites for hydroxylation is 2. The second-order valence-electron chi connectivity index (χ2n) is 4.73. The number of pyridine rings is 1. The molecule has 0 aliphatic heterocycles. The lowest BCUT2D eigenvalue weighted by atomic mass is 10.2. The zero-order valence-electron chi connectivity index (χ0n) is 12.4. The molecule has 0 saturated heterocycles. The maximum atomic E-state index is 13.8. The zero-order chi connectivity index (χ0) is 15.6. The van der Waals surface area contributed by atoms with Gasteiger partial charge in [0.25, 0.3) is 0 Å². The summed E-state index contributed by atoms with van der Waals surface area (Å²) in [5.41, 5.74) is 0.909. The average Bonchev–Trinajstić information content (AvgIpc) is 2.74. The van der Waals surface area contributed by atoms with Crippen LogP contribution in [0.25, 0.3) is 0 Å². The third kappa shape index (κ3) is 3.47. The Balaban J connectivity index is 2.26. The predicted octanol–water partition coefficient (Wildman–Crippen LogP) is 4.04. The van der Waals surface area contributed by atoms with Gasteiger partial charge < -0.3 is 10.6 Å². The van der Waals surface area contributed by atoms with Gasteiger partial charge in [0.2, 0.25) is 0 Å². The van der Waals surface area contributed by atoms with E-state index in [-0.39, 0.29) is 17.7 Å². The molecule has 1 atom stereocenters. The first kappa shape index (κ1) is 15.6. The highest BCUT2D eigenvalue weighted by molar-refractivity contribution is 7.11. The number of thiazole rings is 1. The SMILES string of the molecule is CCNc1nc(NC(C)c2sc(C)nc2C)c(F)cc1F. The second-order valence-corrected chi connectivity index (χ2v) is 5.96. The maximum absolute atomic E-state index is 13.8. The van der Waals surface area contributed by atoms with E-state index in [0.717, 1.165) is 21.6 Å². The number of nitrogens with zero attached hydrogens (tertiary/aromatic N) is 2. The summed E-state index contributed by atoms with van der Waals surface area (Å²) in [5.74, 6) is -1.33. The van der Waals surface area contributed by atoms with Crippen molar-refractivity contribution in [2.45, 2.75) is 33.7 Å². The van der Waals surface area contributed by atoms with Gasteiger partial charge in [-0.2, -0.15) is 0 Å². The normalized spacial score (nSPS) is 12.3. The molecular formula is C14H18F2N4S. The Kier molecular flexibility index (Phi) is 4.72. The average molecular weight is 312 g/mol. The standard InChI is InChI=1S/C14H18F2N4S/c1-5-17-13-10(15)6-11(16)14(20-13)19-8(3)12-7(2)18-9(4)21-12/h6,8H,5H2,1-4H3,(H2,17,19,20). The number of hydrogen-bond donors (Lipinski definition) is 2. The van der Waals surface area contributed by atoms with Crippen LogP contribution in [0, 0.1) is 25.5 Å². The third-order valence-corrected chi connectivity index (χ3v) is 4.22.